The van der Waals surface area contributed by atoms with Crippen molar-refractivity contribution in [3.8, 4) is 0 Å². The minimum atomic E-state index is -1.06. The van der Waals surface area contributed by atoms with E-state index in [0.29, 0.717) is 24.9 Å². The first-order chi connectivity index (χ1) is 29.1. The number of carbonyl (C=O) groups is 8. The molecule has 15 nitrogen and oxygen atoms in total. The summed E-state index contributed by atoms with van der Waals surface area (Å²) in [5, 5.41) is 12.8. The molecule has 0 bridgehead atoms. The Morgan fingerprint density at radius 3 is 1.85 bits per heavy atom. The summed E-state index contributed by atoms with van der Waals surface area (Å²) in [6.45, 7) is -0.754. The van der Waals surface area contributed by atoms with Gasteiger partial charge in [-0.2, -0.15) is 0 Å². The topological polar surface area (TPSA) is 209 Å². The summed E-state index contributed by atoms with van der Waals surface area (Å²) in [6.07, 6.45) is 16.8. The monoisotopic (exact) mass is 828 g/mol. The first kappa shape index (κ1) is 46.8. The van der Waals surface area contributed by atoms with Gasteiger partial charge in [-0.25, -0.2) is 0 Å². The van der Waals surface area contributed by atoms with Crippen molar-refractivity contribution in [2.45, 2.75) is 115 Å². The molecule has 15 heteroatoms. The third kappa shape index (κ3) is 18.0. The van der Waals surface area contributed by atoms with Crippen molar-refractivity contribution in [3.05, 3.63) is 77.9 Å². The molecule has 2 aromatic carbocycles. The first-order valence-electron chi connectivity index (χ1n) is 21.3. The summed E-state index contributed by atoms with van der Waals surface area (Å²) >= 11 is 0. The van der Waals surface area contributed by atoms with Crippen LogP contribution in [0, 0.1) is 5.92 Å². The molecule has 0 aromatic heterocycles. The van der Waals surface area contributed by atoms with E-state index >= 15 is 0 Å². The smallest absolute Gasteiger partial charge is 0.309 e. The van der Waals surface area contributed by atoms with Crippen molar-refractivity contribution >= 4 is 53.0 Å². The van der Waals surface area contributed by atoms with Gasteiger partial charge in [0.1, 0.15) is 12.6 Å². The number of rotatable bonds is 20. The Bertz CT molecular complexity index is 1750. The maximum atomic E-state index is 13.2. The zero-order chi connectivity index (χ0) is 43.0. The molecule has 0 unspecified atom stereocenters. The predicted octanol–water partition coefficient (Wildman–Crippen LogP) is 4.15. The van der Waals surface area contributed by atoms with Crippen LogP contribution in [0.4, 0.5) is 5.69 Å². The number of ether oxygens (including phenoxy) is 1. The molecule has 5 N–H and O–H groups in total. The van der Waals surface area contributed by atoms with E-state index in [-0.39, 0.29) is 68.7 Å². The Morgan fingerprint density at radius 2 is 1.20 bits per heavy atom. The molecule has 1 atom stereocenters. The molecule has 1 aliphatic heterocycles. The SMILES string of the molecule is O=C(CCCCCN1C(=O)C=CC1=O)NCC(=O)NCC(=O)N[C@@H](Cc1ccccc1)C(=O)NCC(=O)Nc1ccc(COC(=O)C2CCCCCCCCCCC2)cc1. The van der Waals surface area contributed by atoms with Crippen molar-refractivity contribution in [2.75, 3.05) is 31.5 Å². The Hall–Kier alpha value is -5.86. The van der Waals surface area contributed by atoms with Crippen LogP contribution in [0.1, 0.15) is 107 Å². The van der Waals surface area contributed by atoms with E-state index in [9.17, 15) is 38.4 Å². The lowest BCUT2D eigenvalue weighted by atomic mass is 9.93. The number of unbranched alkanes of at least 4 members (excludes halogenated alkanes) is 2. The number of carbonyl (C=O) groups excluding carboxylic acids is 8. The number of hydrogen-bond donors (Lipinski definition) is 5. The van der Waals surface area contributed by atoms with Gasteiger partial charge in [0.2, 0.25) is 29.5 Å². The molecular weight excluding hydrogens is 769 g/mol. The third-order valence-corrected chi connectivity index (χ3v) is 10.5. The fourth-order valence-electron chi connectivity index (χ4n) is 7.05. The molecule has 0 spiro atoms. The average Bonchev–Trinajstić information content (AvgIpc) is 3.56. The fraction of sp³-hybridized carbons (Fsp3) is 0.511. The second kappa shape index (κ2) is 26.3. The van der Waals surface area contributed by atoms with E-state index in [4.69, 9.17) is 4.74 Å². The van der Waals surface area contributed by atoms with E-state index in [0.717, 1.165) is 54.6 Å². The van der Waals surface area contributed by atoms with Crippen LogP contribution in [-0.2, 0) is 56.1 Å². The third-order valence-electron chi connectivity index (χ3n) is 10.5. The number of hydrogen-bond acceptors (Lipinski definition) is 9. The van der Waals surface area contributed by atoms with E-state index < -0.39 is 36.2 Å². The minimum absolute atomic E-state index is 0.0752. The highest BCUT2D eigenvalue weighted by molar-refractivity contribution is 6.12. The van der Waals surface area contributed by atoms with Crippen LogP contribution in [0.25, 0.3) is 0 Å². The average molecular weight is 829 g/mol. The van der Waals surface area contributed by atoms with Crippen molar-refractivity contribution in [1.29, 1.82) is 0 Å². The molecule has 1 aliphatic carbocycles. The van der Waals surface area contributed by atoms with Gasteiger partial charge < -0.3 is 31.3 Å². The van der Waals surface area contributed by atoms with E-state index in [1.807, 2.05) is 6.07 Å². The lowest BCUT2D eigenvalue weighted by molar-refractivity contribution is -0.150. The number of nitrogens with one attached hydrogen (secondary N) is 5. The molecule has 60 heavy (non-hydrogen) atoms. The van der Waals surface area contributed by atoms with Crippen molar-refractivity contribution in [3.63, 3.8) is 0 Å². The first-order valence-corrected chi connectivity index (χ1v) is 21.3. The van der Waals surface area contributed by atoms with E-state index in [1.165, 1.54) is 44.3 Å². The number of benzene rings is 2. The lowest BCUT2D eigenvalue weighted by Crippen LogP contribution is -2.52. The summed E-state index contributed by atoms with van der Waals surface area (Å²) in [4.78, 5) is 101. The van der Waals surface area contributed by atoms with Gasteiger partial charge in [0.05, 0.1) is 25.6 Å². The van der Waals surface area contributed by atoms with Gasteiger partial charge in [-0.05, 0) is 48.9 Å². The maximum absolute atomic E-state index is 13.2. The van der Waals surface area contributed by atoms with Crippen LogP contribution in [0.3, 0.4) is 0 Å². The summed E-state index contributed by atoms with van der Waals surface area (Å²) in [6, 6.07) is 14.9. The number of esters is 1. The maximum Gasteiger partial charge on any atom is 0.309 e. The summed E-state index contributed by atoms with van der Waals surface area (Å²) < 4.78 is 5.70. The Labute approximate surface area is 352 Å². The van der Waals surface area contributed by atoms with Gasteiger partial charge in [0.15, 0.2) is 0 Å². The molecule has 324 valence electrons. The standard InChI is InChI=1S/C45H60N6O9/c52-38(20-14-9-15-27-51-42(56)25-26-43(51)57)46-29-39(53)47-30-41(55)50-37(28-33-16-10-8-11-17-33)44(58)48-31-40(54)49-36-23-21-34(22-24-36)32-60-45(59)35-18-12-6-4-2-1-3-5-7-13-19-35/h8,10-11,16-17,21-26,35,37H,1-7,9,12-15,18-20,27-32H2,(H,46,52)(H,47,53)(H,48,58)(H,49,54)(H,50,55)/t37-/m0/s1. The van der Waals surface area contributed by atoms with E-state index in [2.05, 4.69) is 26.6 Å². The molecule has 1 heterocycles. The fourth-order valence-corrected chi connectivity index (χ4v) is 7.05. The molecule has 1 saturated carbocycles. The van der Waals surface area contributed by atoms with Crippen LogP contribution in [0.2, 0.25) is 0 Å². The highest BCUT2D eigenvalue weighted by Gasteiger charge is 2.24. The van der Waals surface area contributed by atoms with Crippen molar-refractivity contribution < 1.29 is 43.1 Å². The van der Waals surface area contributed by atoms with Gasteiger partial charge in [0.25, 0.3) is 11.8 Å². The quantitative estimate of drug-likeness (QED) is 0.0737. The van der Waals surface area contributed by atoms with Crippen LogP contribution >= 0.6 is 0 Å². The Morgan fingerprint density at radius 1 is 0.617 bits per heavy atom. The molecule has 2 aliphatic rings. The molecule has 0 radical (unpaired) electrons. The van der Waals surface area contributed by atoms with Crippen LogP contribution in [0.15, 0.2) is 66.7 Å². The second-order valence-electron chi connectivity index (χ2n) is 15.4. The van der Waals surface area contributed by atoms with E-state index in [1.54, 1.807) is 48.5 Å². The molecular formula is C45H60N6O9. The number of nitrogens with zero attached hydrogens (tertiary/aromatic N) is 1. The zero-order valence-electron chi connectivity index (χ0n) is 34.5. The number of anilines is 1. The Kier molecular flexibility index (Phi) is 20.5. The molecule has 4 rings (SSSR count). The van der Waals surface area contributed by atoms with Gasteiger partial charge in [-0.1, -0.05) is 107 Å². The van der Waals surface area contributed by atoms with Gasteiger partial charge in [-0.15, -0.1) is 0 Å². The molecule has 0 saturated heterocycles. The highest BCUT2D eigenvalue weighted by atomic mass is 16.5. The normalized spacial score (nSPS) is 15.5. The largest absolute Gasteiger partial charge is 0.461 e. The van der Waals surface area contributed by atoms with Gasteiger partial charge in [0, 0.05) is 37.2 Å². The minimum Gasteiger partial charge on any atom is -0.461 e. The summed E-state index contributed by atoms with van der Waals surface area (Å²) in [7, 11) is 0. The van der Waals surface area contributed by atoms with Crippen molar-refractivity contribution in [1.82, 2.24) is 26.2 Å². The summed E-state index contributed by atoms with van der Waals surface area (Å²) in [5.74, 6) is -3.62. The summed E-state index contributed by atoms with van der Waals surface area (Å²) in [5.41, 5.74) is 2.04. The number of amides is 7. The number of imide groups is 1. The van der Waals surface area contributed by atoms with Gasteiger partial charge >= 0.3 is 5.97 Å². The van der Waals surface area contributed by atoms with Gasteiger partial charge in [-0.3, -0.25) is 43.3 Å². The van der Waals surface area contributed by atoms with Crippen LogP contribution < -0.4 is 26.6 Å². The second-order valence-corrected chi connectivity index (χ2v) is 15.4. The molecule has 7 amide bonds. The Balaban J connectivity index is 1.15. The van der Waals surface area contributed by atoms with Crippen LogP contribution in [0.5, 0.6) is 0 Å². The molecule has 2 aromatic rings. The molecule has 1 fully saturated rings. The zero-order valence-corrected chi connectivity index (χ0v) is 34.5. The highest BCUT2D eigenvalue weighted by Crippen LogP contribution is 2.23. The van der Waals surface area contributed by atoms with Crippen molar-refractivity contribution in [2.24, 2.45) is 5.92 Å². The lowest BCUT2D eigenvalue weighted by Gasteiger charge is -2.19. The van der Waals surface area contributed by atoms with Crippen LogP contribution in [-0.4, -0.2) is 84.4 Å². The predicted molar refractivity (Wildman–Crippen MR) is 225 cm³/mol.